The van der Waals surface area contributed by atoms with Crippen LogP contribution in [0.25, 0.3) is 11.3 Å². The summed E-state index contributed by atoms with van der Waals surface area (Å²) in [7, 11) is 1.53. The number of methoxy groups -OCH3 is 1. The number of hydrogen-bond acceptors (Lipinski definition) is 7. The summed E-state index contributed by atoms with van der Waals surface area (Å²) in [5, 5.41) is 13.5. The summed E-state index contributed by atoms with van der Waals surface area (Å²) in [4.78, 5) is 11.7. The number of nitrogens with zero attached hydrogens (tertiary/aromatic N) is 3. The second-order valence-corrected chi connectivity index (χ2v) is 8.23. The third-order valence-electron chi connectivity index (χ3n) is 5.95. The van der Waals surface area contributed by atoms with Gasteiger partial charge in [-0.15, -0.1) is 0 Å². The first kappa shape index (κ1) is 23.0. The third kappa shape index (κ3) is 6.43. The van der Waals surface area contributed by atoms with Gasteiger partial charge in [-0.05, 0) is 49.6 Å². The maximum absolute atomic E-state index is 9.88. The van der Waals surface area contributed by atoms with E-state index in [1.807, 2.05) is 12.1 Å². The van der Waals surface area contributed by atoms with E-state index in [1.165, 1.54) is 12.7 Å². The van der Waals surface area contributed by atoms with Crippen molar-refractivity contribution in [1.29, 1.82) is 0 Å². The molecular weight excluding hydrogens is 416 g/mol. The highest BCUT2D eigenvalue weighted by Gasteiger charge is 2.15. The van der Waals surface area contributed by atoms with Gasteiger partial charge in [0.1, 0.15) is 5.82 Å². The smallest absolute Gasteiger partial charge is 0.161 e. The van der Waals surface area contributed by atoms with Crippen molar-refractivity contribution in [3.05, 3.63) is 66.5 Å². The lowest BCUT2D eigenvalue weighted by atomic mass is 10.0. The van der Waals surface area contributed by atoms with Crippen LogP contribution in [0.5, 0.6) is 11.5 Å². The molecule has 1 atom stereocenters. The molecule has 0 aliphatic carbocycles. The molecule has 1 unspecified atom stereocenters. The van der Waals surface area contributed by atoms with Gasteiger partial charge in [0.25, 0.3) is 0 Å². The Balaban J connectivity index is 1.44. The number of morpholine rings is 1. The number of benzene rings is 2. The lowest BCUT2D eigenvalue weighted by Crippen LogP contribution is -2.36. The summed E-state index contributed by atoms with van der Waals surface area (Å²) >= 11 is 0. The summed E-state index contributed by atoms with van der Waals surface area (Å²) < 4.78 is 10.7. The van der Waals surface area contributed by atoms with Crippen LogP contribution in [0, 0.1) is 0 Å². The van der Waals surface area contributed by atoms with E-state index in [0.717, 1.165) is 69.2 Å². The Hall–Kier alpha value is -3.16. The zero-order chi connectivity index (χ0) is 22.9. The number of unbranched alkanes of at least 4 members (excludes halogenated alkanes) is 1. The van der Waals surface area contributed by atoms with Gasteiger partial charge in [0, 0.05) is 18.7 Å². The van der Waals surface area contributed by atoms with E-state index in [1.54, 1.807) is 24.5 Å². The molecule has 2 N–H and O–H groups in total. The Morgan fingerprint density at radius 3 is 2.70 bits per heavy atom. The molecule has 4 rings (SSSR count). The molecule has 0 saturated carbocycles. The van der Waals surface area contributed by atoms with Gasteiger partial charge in [-0.25, -0.2) is 4.98 Å². The molecule has 174 valence electrons. The first-order valence-corrected chi connectivity index (χ1v) is 11.5. The average molecular weight is 449 g/mol. The number of nitrogens with one attached hydrogen (secondary N) is 1. The van der Waals surface area contributed by atoms with Crippen LogP contribution < -0.4 is 10.1 Å². The fourth-order valence-corrected chi connectivity index (χ4v) is 4.11. The molecule has 1 aromatic heterocycles. The Bertz CT molecular complexity index is 1010. The summed E-state index contributed by atoms with van der Waals surface area (Å²) in [6, 6.07) is 15.8. The van der Waals surface area contributed by atoms with Crippen molar-refractivity contribution in [1.82, 2.24) is 14.9 Å². The number of rotatable bonds is 10. The Morgan fingerprint density at radius 2 is 1.91 bits per heavy atom. The quantitative estimate of drug-likeness (QED) is 0.442. The van der Waals surface area contributed by atoms with E-state index in [9.17, 15) is 5.11 Å². The zero-order valence-corrected chi connectivity index (χ0v) is 19.1. The van der Waals surface area contributed by atoms with Gasteiger partial charge >= 0.3 is 0 Å². The lowest BCUT2D eigenvalue weighted by molar-refractivity contribution is 0.0371. The molecule has 0 radical (unpaired) electrons. The highest BCUT2D eigenvalue weighted by atomic mass is 16.5. The van der Waals surface area contributed by atoms with Crippen LogP contribution in [0.3, 0.4) is 0 Å². The predicted molar refractivity (Wildman–Crippen MR) is 130 cm³/mol. The summed E-state index contributed by atoms with van der Waals surface area (Å²) in [6.45, 7) is 4.87. The highest BCUT2D eigenvalue weighted by Crippen LogP contribution is 2.31. The molecule has 1 fully saturated rings. The third-order valence-corrected chi connectivity index (χ3v) is 5.95. The molecule has 7 nitrogen and oxygen atoms in total. The average Bonchev–Trinajstić information content (AvgIpc) is 2.87. The van der Waals surface area contributed by atoms with Crippen LogP contribution in [0.4, 0.5) is 5.82 Å². The van der Waals surface area contributed by atoms with Gasteiger partial charge in [-0.3, -0.25) is 9.88 Å². The molecular formula is C26H32N4O3. The fourth-order valence-electron chi connectivity index (χ4n) is 4.11. The van der Waals surface area contributed by atoms with Crippen molar-refractivity contribution in [2.24, 2.45) is 0 Å². The minimum Gasteiger partial charge on any atom is -0.504 e. The number of ether oxygens (including phenoxy) is 2. The van der Waals surface area contributed by atoms with Crippen molar-refractivity contribution in [3.63, 3.8) is 0 Å². The summed E-state index contributed by atoms with van der Waals surface area (Å²) in [5.74, 6) is 1.24. The topological polar surface area (TPSA) is 79.7 Å². The van der Waals surface area contributed by atoms with Gasteiger partial charge in [0.15, 0.2) is 11.5 Å². The predicted octanol–water partition coefficient (Wildman–Crippen LogP) is 4.51. The summed E-state index contributed by atoms with van der Waals surface area (Å²) in [6.07, 6.45) is 6.76. The molecule has 7 heteroatoms. The monoisotopic (exact) mass is 448 g/mol. The van der Waals surface area contributed by atoms with Crippen LogP contribution in [0.1, 0.15) is 30.9 Å². The highest BCUT2D eigenvalue weighted by molar-refractivity contribution is 5.64. The molecule has 1 aliphatic heterocycles. The summed E-state index contributed by atoms with van der Waals surface area (Å²) in [5.41, 5.74) is 2.79. The first-order valence-electron chi connectivity index (χ1n) is 11.5. The van der Waals surface area contributed by atoms with Gasteiger partial charge in [-0.2, -0.15) is 0 Å². The number of phenols is 1. The van der Waals surface area contributed by atoms with Gasteiger partial charge in [0.2, 0.25) is 0 Å². The first-order chi connectivity index (χ1) is 16.2. The Morgan fingerprint density at radius 1 is 1.09 bits per heavy atom. The second-order valence-electron chi connectivity index (χ2n) is 8.23. The van der Waals surface area contributed by atoms with Crippen molar-refractivity contribution >= 4 is 5.82 Å². The molecule has 2 heterocycles. The Labute approximate surface area is 195 Å². The van der Waals surface area contributed by atoms with E-state index in [0.29, 0.717) is 5.75 Å². The van der Waals surface area contributed by atoms with Gasteiger partial charge in [0.05, 0.1) is 44.5 Å². The minimum absolute atomic E-state index is 0.102. The maximum Gasteiger partial charge on any atom is 0.161 e. The Kier molecular flexibility index (Phi) is 8.11. The number of anilines is 1. The molecule has 3 aromatic rings. The molecule has 1 saturated heterocycles. The molecule has 0 bridgehead atoms. The molecule has 2 aromatic carbocycles. The zero-order valence-electron chi connectivity index (χ0n) is 19.1. The van der Waals surface area contributed by atoms with Crippen molar-refractivity contribution in [2.45, 2.75) is 25.3 Å². The molecule has 33 heavy (non-hydrogen) atoms. The second kappa shape index (κ2) is 11.6. The maximum atomic E-state index is 9.88. The van der Waals surface area contributed by atoms with Crippen LogP contribution in [-0.4, -0.2) is 59.9 Å². The van der Waals surface area contributed by atoms with Crippen molar-refractivity contribution in [3.8, 4) is 22.8 Å². The van der Waals surface area contributed by atoms with Crippen LogP contribution in [0.2, 0.25) is 0 Å². The lowest BCUT2D eigenvalue weighted by Gasteiger charge is -2.27. The van der Waals surface area contributed by atoms with Crippen LogP contribution in [0.15, 0.2) is 60.9 Å². The van der Waals surface area contributed by atoms with Gasteiger partial charge < -0.3 is 19.9 Å². The van der Waals surface area contributed by atoms with Crippen molar-refractivity contribution in [2.75, 3.05) is 45.3 Å². The minimum atomic E-state index is 0.102. The van der Waals surface area contributed by atoms with Crippen molar-refractivity contribution < 1.29 is 14.6 Å². The number of phenolic OH excluding ortho intramolecular Hbond substituents is 1. The van der Waals surface area contributed by atoms with E-state index < -0.39 is 0 Å². The van der Waals surface area contributed by atoms with Gasteiger partial charge in [-0.1, -0.05) is 30.3 Å². The number of aromatic hydroxyl groups is 1. The standard InChI is InChI=1S/C26H32N4O3/c1-32-25-17-21(10-11-24(25)31)23-18-27-19-26(29-23)28-22(20-7-3-2-4-8-20)9-5-6-12-30-13-15-33-16-14-30/h2-4,7-8,10-11,17-19,22,31H,5-6,9,12-16H2,1H3,(H,28,29). The van der Waals surface area contributed by atoms with E-state index in [-0.39, 0.29) is 11.8 Å². The van der Waals surface area contributed by atoms with E-state index in [4.69, 9.17) is 14.5 Å². The fraction of sp³-hybridized carbons (Fsp3) is 0.385. The largest absolute Gasteiger partial charge is 0.504 e. The molecule has 0 spiro atoms. The SMILES string of the molecule is COc1cc(-c2cncc(NC(CCCCN3CCOCC3)c3ccccc3)n2)ccc1O. The normalized spacial score (nSPS) is 15.2. The number of aromatic nitrogens is 2. The van der Waals surface area contributed by atoms with Crippen LogP contribution >= 0.6 is 0 Å². The van der Waals surface area contributed by atoms with E-state index >= 15 is 0 Å². The van der Waals surface area contributed by atoms with Crippen LogP contribution in [-0.2, 0) is 4.74 Å². The van der Waals surface area contributed by atoms with E-state index in [2.05, 4.69) is 39.5 Å². The molecule has 0 amide bonds. The molecule has 1 aliphatic rings. The number of hydrogen-bond donors (Lipinski definition) is 2.